The van der Waals surface area contributed by atoms with Crippen molar-refractivity contribution in [3.05, 3.63) is 12.4 Å². The Morgan fingerprint density at radius 2 is 2.36 bits per heavy atom. The van der Waals surface area contributed by atoms with E-state index < -0.39 is 6.67 Å². The summed E-state index contributed by atoms with van der Waals surface area (Å²) in [6, 6.07) is 0. The van der Waals surface area contributed by atoms with Crippen LogP contribution >= 0.6 is 0 Å². The van der Waals surface area contributed by atoms with Gasteiger partial charge in [0.2, 0.25) is 0 Å². The van der Waals surface area contributed by atoms with Crippen molar-refractivity contribution in [3.63, 3.8) is 0 Å². The van der Waals surface area contributed by atoms with Crippen LogP contribution in [0.4, 0.5) is 16.0 Å². The minimum Gasteiger partial charge on any atom is -0.382 e. The number of alkyl halides is 1. The van der Waals surface area contributed by atoms with Crippen LogP contribution in [-0.2, 0) is 0 Å². The van der Waals surface area contributed by atoms with Crippen LogP contribution in [0, 0.1) is 0 Å². The maximum absolute atomic E-state index is 11.6. The molecule has 0 aliphatic carbocycles. The van der Waals surface area contributed by atoms with Crippen molar-refractivity contribution in [3.8, 4) is 0 Å². The molecule has 5 heteroatoms. The molecule has 11 heavy (non-hydrogen) atoms. The molecular formula is C6H9FN4. The van der Waals surface area contributed by atoms with Crippen molar-refractivity contribution in [1.29, 1.82) is 0 Å². The number of halogens is 1. The fraction of sp³-hybridized carbons (Fsp3) is 0.333. The Morgan fingerprint density at radius 1 is 1.55 bits per heavy atom. The SMILES string of the molecule is Nc1cncc(NCCF)n1. The summed E-state index contributed by atoms with van der Waals surface area (Å²) >= 11 is 0. The number of anilines is 2. The first-order valence-corrected chi connectivity index (χ1v) is 3.20. The molecule has 4 nitrogen and oxygen atoms in total. The topological polar surface area (TPSA) is 63.8 Å². The zero-order chi connectivity index (χ0) is 8.10. The molecule has 0 aromatic carbocycles. The molecule has 1 aromatic rings. The molecule has 0 amide bonds. The average Bonchev–Trinajstić information content (AvgIpc) is 2.01. The van der Waals surface area contributed by atoms with E-state index in [0.29, 0.717) is 11.6 Å². The van der Waals surface area contributed by atoms with E-state index in [-0.39, 0.29) is 6.54 Å². The summed E-state index contributed by atoms with van der Waals surface area (Å²) in [5, 5.41) is 2.71. The zero-order valence-corrected chi connectivity index (χ0v) is 5.92. The molecule has 0 unspecified atom stereocenters. The number of aromatic nitrogens is 2. The first kappa shape index (κ1) is 7.71. The molecule has 60 valence electrons. The molecule has 0 atom stereocenters. The summed E-state index contributed by atoms with van der Waals surface area (Å²) in [4.78, 5) is 7.61. The van der Waals surface area contributed by atoms with E-state index in [2.05, 4.69) is 15.3 Å². The minimum atomic E-state index is -0.434. The molecule has 0 spiro atoms. The van der Waals surface area contributed by atoms with Crippen LogP contribution in [0.5, 0.6) is 0 Å². The Balaban J connectivity index is 2.56. The van der Waals surface area contributed by atoms with Crippen molar-refractivity contribution in [1.82, 2.24) is 9.97 Å². The number of nitrogen functional groups attached to an aromatic ring is 1. The third kappa shape index (κ3) is 2.37. The lowest BCUT2D eigenvalue weighted by atomic mass is 10.6. The molecule has 3 N–H and O–H groups in total. The number of hydrogen-bond acceptors (Lipinski definition) is 4. The third-order valence-electron chi connectivity index (χ3n) is 1.05. The van der Waals surface area contributed by atoms with Crippen molar-refractivity contribution < 1.29 is 4.39 Å². The fourth-order valence-corrected chi connectivity index (χ4v) is 0.642. The molecule has 0 aliphatic heterocycles. The van der Waals surface area contributed by atoms with E-state index in [4.69, 9.17) is 5.73 Å². The van der Waals surface area contributed by atoms with Gasteiger partial charge in [0.25, 0.3) is 0 Å². The average molecular weight is 156 g/mol. The molecule has 0 aliphatic rings. The lowest BCUT2D eigenvalue weighted by molar-refractivity contribution is 0.512. The lowest BCUT2D eigenvalue weighted by Crippen LogP contribution is -2.06. The normalized spacial score (nSPS) is 9.55. The Hall–Kier alpha value is -1.39. The first-order chi connectivity index (χ1) is 5.33. The van der Waals surface area contributed by atoms with Gasteiger partial charge in [-0.3, -0.25) is 4.98 Å². The second-order valence-electron chi connectivity index (χ2n) is 1.94. The fourth-order valence-electron chi connectivity index (χ4n) is 0.642. The Bertz CT molecular complexity index is 228. The molecule has 1 heterocycles. The van der Waals surface area contributed by atoms with E-state index in [9.17, 15) is 4.39 Å². The highest BCUT2D eigenvalue weighted by molar-refractivity contribution is 5.37. The number of nitrogens with two attached hydrogens (primary N) is 1. The van der Waals surface area contributed by atoms with Crippen molar-refractivity contribution >= 4 is 11.6 Å². The number of nitrogens with zero attached hydrogens (tertiary/aromatic N) is 2. The van der Waals surface area contributed by atoms with E-state index in [1.807, 2.05) is 0 Å². The summed E-state index contributed by atoms with van der Waals surface area (Å²) in [7, 11) is 0. The van der Waals surface area contributed by atoms with Crippen molar-refractivity contribution in [2.45, 2.75) is 0 Å². The lowest BCUT2D eigenvalue weighted by Gasteiger charge is -2.00. The van der Waals surface area contributed by atoms with Gasteiger partial charge in [0.15, 0.2) is 0 Å². The first-order valence-electron chi connectivity index (χ1n) is 3.20. The molecule has 1 rings (SSSR count). The molecule has 0 bridgehead atoms. The second kappa shape index (κ2) is 3.70. The summed E-state index contributed by atoms with van der Waals surface area (Å²) in [6.07, 6.45) is 2.92. The van der Waals surface area contributed by atoms with Crippen LogP contribution < -0.4 is 11.1 Å². The molecule has 0 radical (unpaired) electrons. The van der Waals surface area contributed by atoms with Gasteiger partial charge in [-0.2, -0.15) is 0 Å². The highest BCUT2D eigenvalue weighted by atomic mass is 19.1. The van der Waals surface area contributed by atoms with Gasteiger partial charge in [-0.15, -0.1) is 0 Å². The zero-order valence-electron chi connectivity index (χ0n) is 5.92. The maximum Gasteiger partial charge on any atom is 0.147 e. The number of nitrogens with one attached hydrogen (secondary N) is 1. The Kier molecular flexibility index (Phi) is 2.59. The van der Waals surface area contributed by atoms with E-state index >= 15 is 0 Å². The van der Waals surface area contributed by atoms with E-state index in [1.54, 1.807) is 0 Å². The number of rotatable bonds is 3. The Morgan fingerprint density at radius 3 is 3.00 bits per heavy atom. The predicted octanol–water partition coefficient (Wildman–Crippen LogP) is 0.440. The molecular weight excluding hydrogens is 147 g/mol. The molecule has 0 fully saturated rings. The third-order valence-corrected chi connectivity index (χ3v) is 1.05. The van der Waals surface area contributed by atoms with Crippen LogP contribution in [0.25, 0.3) is 0 Å². The minimum absolute atomic E-state index is 0.234. The van der Waals surface area contributed by atoms with Crippen LogP contribution in [0.15, 0.2) is 12.4 Å². The molecule has 0 saturated heterocycles. The highest BCUT2D eigenvalue weighted by Gasteiger charge is 1.92. The summed E-state index contributed by atoms with van der Waals surface area (Å²) in [5.74, 6) is 0.830. The van der Waals surface area contributed by atoms with Gasteiger partial charge in [-0.25, -0.2) is 9.37 Å². The smallest absolute Gasteiger partial charge is 0.147 e. The van der Waals surface area contributed by atoms with Crippen LogP contribution in [0.3, 0.4) is 0 Å². The van der Waals surface area contributed by atoms with Gasteiger partial charge >= 0.3 is 0 Å². The molecule has 1 aromatic heterocycles. The number of hydrogen-bond donors (Lipinski definition) is 2. The van der Waals surface area contributed by atoms with Crippen molar-refractivity contribution in [2.24, 2.45) is 0 Å². The standard InChI is InChI=1S/C6H9FN4/c7-1-2-10-6-4-9-3-5(8)11-6/h3-4H,1-2H2,(H3,8,10,11). The largest absolute Gasteiger partial charge is 0.382 e. The quantitative estimate of drug-likeness (QED) is 0.666. The summed E-state index contributed by atoms with van der Waals surface area (Å²) < 4.78 is 11.6. The van der Waals surface area contributed by atoms with Crippen LogP contribution in [-0.4, -0.2) is 23.2 Å². The summed E-state index contributed by atoms with van der Waals surface area (Å²) in [6.45, 7) is -0.200. The summed E-state index contributed by atoms with van der Waals surface area (Å²) in [5.41, 5.74) is 5.32. The van der Waals surface area contributed by atoms with E-state index in [0.717, 1.165) is 0 Å². The molecule has 0 saturated carbocycles. The van der Waals surface area contributed by atoms with E-state index in [1.165, 1.54) is 12.4 Å². The van der Waals surface area contributed by atoms with Gasteiger partial charge < -0.3 is 11.1 Å². The second-order valence-corrected chi connectivity index (χ2v) is 1.94. The van der Waals surface area contributed by atoms with Gasteiger partial charge in [-0.1, -0.05) is 0 Å². The maximum atomic E-state index is 11.6. The van der Waals surface area contributed by atoms with Crippen molar-refractivity contribution in [2.75, 3.05) is 24.3 Å². The van der Waals surface area contributed by atoms with Gasteiger partial charge in [0.05, 0.1) is 12.4 Å². The van der Waals surface area contributed by atoms with Gasteiger partial charge in [0, 0.05) is 6.54 Å². The van der Waals surface area contributed by atoms with Gasteiger partial charge in [0.1, 0.15) is 18.3 Å². The van der Waals surface area contributed by atoms with Gasteiger partial charge in [-0.05, 0) is 0 Å². The Labute approximate surface area is 63.7 Å². The van der Waals surface area contributed by atoms with Crippen LogP contribution in [0.1, 0.15) is 0 Å². The predicted molar refractivity (Wildman–Crippen MR) is 40.9 cm³/mol. The monoisotopic (exact) mass is 156 g/mol. The van der Waals surface area contributed by atoms with Crippen LogP contribution in [0.2, 0.25) is 0 Å². The highest BCUT2D eigenvalue weighted by Crippen LogP contribution is 2.01.